The Morgan fingerprint density at radius 1 is 1.50 bits per heavy atom. The van der Waals surface area contributed by atoms with Crippen molar-refractivity contribution in [3.63, 3.8) is 0 Å². The van der Waals surface area contributed by atoms with Crippen LogP contribution in [0.3, 0.4) is 0 Å². The predicted molar refractivity (Wildman–Crippen MR) is 43.5 cm³/mol. The van der Waals surface area contributed by atoms with E-state index < -0.39 is 18.2 Å². The molecule has 4 nitrogen and oxygen atoms in total. The summed E-state index contributed by atoms with van der Waals surface area (Å²) < 4.78 is 4.78. The SMILES string of the molecule is C=C(C)[C@@H](OO)[C@H](C)OC(C)=O. The summed E-state index contributed by atoms with van der Waals surface area (Å²) in [4.78, 5) is 14.6. The lowest BCUT2D eigenvalue weighted by Gasteiger charge is -2.20. The molecule has 0 rings (SSSR count). The van der Waals surface area contributed by atoms with Gasteiger partial charge in [-0.2, -0.15) is 0 Å². The van der Waals surface area contributed by atoms with Gasteiger partial charge in [-0.3, -0.25) is 10.1 Å². The van der Waals surface area contributed by atoms with Crippen molar-refractivity contribution >= 4 is 5.97 Å². The molecule has 0 aliphatic heterocycles. The second-order valence-corrected chi connectivity index (χ2v) is 2.69. The summed E-state index contributed by atoms with van der Waals surface area (Å²) in [5.74, 6) is -0.411. The van der Waals surface area contributed by atoms with E-state index in [1.54, 1.807) is 13.8 Å². The summed E-state index contributed by atoms with van der Waals surface area (Å²) in [5, 5.41) is 8.43. The molecule has 2 atom stereocenters. The fraction of sp³-hybridized carbons (Fsp3) is 0.625. The van der Waals surface area contributed by atoms with Gasteiger partial charge in [0.2, 0.25) is 0 Å². The van der Waals surface area contributed by atoms with Crippen LogP contribution in [0, 0.1) is 0 Å². The van der Waals surface area contributed by atoms with E-state index in [-0.39, 0.29) is 0 Å². The minimum absolute atomic E-state index is 0.411. The van der Waals surface area contributed by atoms with Crippen LogP contribution in [0.5, 0.6) is 0 Å². The second kappa shape index (κ2) is 4.90. The standard InChI is InChI=1S/C8H14O4/c1-5(2)8(12-10)6(3)11-7(4)9/h6,8,10H,1H2,2-4H3/t6-,8+/m0/s1. The Labute approximate surface area is 71.7 Å². The van der Waals surface area contributed by atoms with E-state index >= 15 is 0 Å². The van der Waals surface area contributed by atoms with Gasteiger partial charge in [0, 0.05) is 6.92 Å². The fourth-order valence-electron chi connectivity index (χ4n) is 0.900. The molecule has 0 aromatic heterocycles. The number of carbonyl (C=O) groups is 1. The molecule has 0 radical (unpaired) electrons. The van der Waals surface area contributed by atoms with Gasteiger partial charge in [0.1, 0.15) is 12.2 Å². The lowest BCUT2D eigenvalue weighted by molar-refractivity contribution is -0.285. The Balaban J connectivity index is 4.11. The van der Waals surface area contributed by atoms with Gasteiger partial charge in [-0.15, -0.1) is 0 Å². The van der Waals surface area contributed by atoms with E-state index in [1.165, 1.54) is 6.92 Å². The lowest BCUT2D eigenvalue weighted by Crippen LogP contribution is -2.30. The Kier molecular flexibility index (Phi) is 4.54. The third kappa shape index (κ3) is 3.50. The van der Waals surface area contributed by atoms with Crippen molar-refractivity contribution in [3.8, 4) is 0 Å². The molecule has 0 aromatic carbocycles. The molecule has 0 spiro atoms. The smallest absolute Gasteiger partial charge is 0.302 e. The third-order valence-electron chi connectivity index (χ3n) is 1.38. The average molecular weight is 174 g/mol. The largest absolute Gasteiger partial charge is 0.460 e. The highest BCUT2D eigenvalue weighted by Gasteiger charge is 2.21. The molecule has 70 valence electrons. The van der Waals surface area contributed by atoms with Crippen LogP contribution in [0.2, 0.25) is 0 Å². The number of rotatable bonds is 4. The zero-order valence-electron chi connectivity index (χ0n) is 7.53. The Morgan fingerprint density at radius 2 is 2.00 bits per heavy atom. The molecule has 0 aliphatic rings. The Morgan fingerprint density at radius 3 is 2.25 bits per heavy atom. The lowest BCUT2D eigenvalue weighted by atomic mass is 10.1. The highest BCUT2D eigenvalue weighted by Crippen LogP contribution is 2.10. The maximum absolute atomic E-state index is 10.5. The molecular weight excluding hydrogens is 160 g/mol. The van der Waals surface area contributed by atoms with Crippen molar-refractivity contribution < 1.29 is 19.7 Å². The summed E-state index contributed by atoms with van der Waals surface area (Å²) in [7, 11) is 0. The van der Waals surface area contributed by atoms with Crippen molar-refractivity contribution in [1.82, 2.24) is 0 Å². The number of esters is 1. The third-order valence-corrected chi connectivity index (χ3v) is 1.38. The molecule has 0 bridgehead atoms. The molecular formula is C8H14O4. The van der Waals surface area contributed by atoms with Crippen molar-refractivity contribution in [3.05, 3.63) is 12.2 Å². The maximum Gasteiger partial charge on any atom is 0.302 e. The molecule has 0 fully saturated rings. The first kappa shape index (κ1) is 11.1. The first-order chi connectivity index (χ1) is 5.49. The highest BCUT2D eigenvalue weighted by molar-refractivity contribution is 5.66. The van der Waals surface area contributed by atoms with Gasteiger partial charge in [0.05, 0.1) is 0 Å². The maximum atomic E-state index is 10.5. The first-order valence-electron chi connectivity index (χ1n) is 3.62. The summed E-state index contributed by atoms with van der Waals surface area (Å²) >= 11 is 0. The summed E-state index contributed by atoms with van der Waals surface area (Å²) in [6, 6.07) is 0. The van der Waals surface area contributed by atoms with Crippen LogP contribution in [0.1, 0.15) is 20.8 Å². The van der Waals surface area contributed by atoms with Crippen LogP contribution in [-0.4, -0.2) is 23.4 Å². The first-order valence-corrected chi connectivity index (χ1v) is 3.62. The zero-order chi connectivity index (χ0) is 9.72. The molecule has 0 heterocycles. The number of hydrogen-bond acceptors (Lipinski definition) is 4. The topological polar surface area (TPSA) is 55.8 Å². The van der Waals surface area contributed by atoms with Crippen LogP contribution in [0.25, 0.3) is 0 Å². The van der Waals surface area contributed by atoms with Gasteiger partial charge in [0.25, 0.3) is 0 Å². The van der Waals surface area contributed by atoms with Gasteiger partial charge in [-0.1, -0.05) is 6.58 Å². The van der Waals surface area contributed by atoms with Gasteiger partial charge in [0.15, 0.2) is 0 Å². The molecule has 0 saturated heterocycles. The summed E-state index contributed by atoms with van der Waals surface area (Å²) in [5.41, 5.74) is 0.603. The number of hydrogen-bond donors (Lipinski definition) is 1. The van der Waals surface area contributed by atoms with Crippen LogP contribution in [0.4, 0.5) is 0 Å². The average Bonchev–Trinajstić information content (AvgIpc) is 1.85. The molecule has 0 aliphatic carbocycles. The van der Waals surface area contributed by atoms with E-state index in [4.69, 9.17) is 9.99 Å². The summed E-state index contributed by atoms with van der Waals surface area (Å²) in [6.45, 7) is 8.18. The van der Waals surface area contributed by atoms with E-state index in [0.717, 1.165) is 0 Å². The highest BCUT2D eigenvalue weighted by atomic mass is 17.1. The van der Waals surface area contributed by atoms with Crippen molar-refractivity contribution in [2.75, 3.05) is 0 Å². The molecule has 0 amide bonds. The van der Waals surface area contributed by atoms with Gasteiger partial charge in [-0.05, 0) is 19.4 Å². The van der Waals surface area contributed by atoms with Gasteiger partial charge in [-0.25, -0.2) is 4.89 Å². The van der Waals surface area contributed by atoms with Crippen molar-refractivity contribution in [2.24, 2.45) is 0 Å². The molecule has 0 unspecified atom stereocenters. The molecule has 4 heteroatoms. The number of ether oxygens (including phenoxy) is 1. The van der Waals surface area contributed by atoms with E-state index in [0.29, 0.717) is 5.57 Å². The minimum Gasteiger partial charge on any atom is -0.460 e. The van der Waals surface area contributed by atoms with Gasteiger partial charge < -0.3 is 4.74 Å². The molecule has 0 saturated carbocycles. The van der Waals surface area contributed by atoms with E-state index in [9.17, 15) is 4.79 Å². The van der Waals surface area contributed by atoms with Crippen LogP contribution >= 0.6 is 0 Å². The summed E-state index contributed by atoms with van der Waals surface area (Å²) in [6.07, 6.45) is -1.18. The van der Waals surface area contributed by atoms with Crippen LogP contribution in [-0.2, 0) is 14.4 Å². The van der Waals surface area contributed by atoms with Crippen LogP contribution < -0.4 is 0 Å². The second-order valence-electron chi connectivity index (χ2n) is 2.69. The van der Waals surface area contributed by atoms with Crippen molar-refractivity contribution in [2.45, 2.75) is 33.0 Å². The molecule has 0 aromatic rings. The normalized spacial score (nSPS) is 15.0. The van der Waals surface area contributed by atoms with E-state index in [2.05, 4.69) is 11.5 Å². The Bertz CT molecular complexity index is 176. The van der Waals surface area contributed by atoms with Crippen LogP contribution in [0.15, 0.2) is 12.2 Å². The molecule has 12 heavy (non-hydrogen) atoms. The predicted octanol–water partition coefficient (Wildman–Crippen LogP) is 1.37. The quantitative estimate of drug-likeness (QED) is 0.303. The monoisotopic (exact) mass is 174 g/mol. The zero-order valence-corrected chi connectivity index (χ0v) is 7.53. The number of carbonyl (C=O) groups excluding carboxylic acids is 1. The fourth-order valence-corrected chi connectivity index (χ4v) is 0.900. The minimum atomic E-state index is -0.658. The van der Waals surface area contributed by atoms with Gasteiger partial charge >= 0.3 is 5.97 Å². The Hall–Kier alpha value is -0.870. The van der Waals surface area contributed by atoms with E-state index in [1.807, 2.05) is 0 Å². The van der Waals surface area contributed by atoms with Crippen molar-refractivity contribution in [1.29, 1.82) is 0 Å². The molecule has 1 N–H and O–H groups in total.